The van der Waals surface area contributed by atoms with Gasteiger partial charge in [-0.1, -0.05) is 0 Å². The second-order valence-corrected chi connectivity index (χ2v) is 5.21. The zero-order valence-corrected chi connectivity index (χ0v) is 9.35. The Balaban J connectivity index is 2.35. The Morgan fingerprint density at radius 3 is 2.57 bits per heavy atom. The molecule has 0 aromatic heterocycles. The molecule has 1 unspecified atom stereocenters. The highest BCUT2D eigenvalue weighted by molar-refractivity contribution is 7.87. The molecule has 1 aliphatic rings. The zero-order chi connectivity index (χ0) is 10.8. The van der Waals surface area contributed by atoms with Crippen LogP contribution in [-0.2, 0) is 19.7 Å². The fraction of sp³-hybridized carbons (Fsp3) is 1.00. The maximum atomic E-state index is 11.0. The lowest BCUT2D eigenvalue weighted by Gasteiger charge is -2.17. The van der Waals surface area contributed by atoms with Gasteiger partial charge in [0, 0.05) is 13.6 Å². The SMILES string of the molecule is CNS(=O)(=O)NCC1COC(C)(C)O1. The van der Waals surface area contributed by atoms with Crippen molar-refractivity contribution in [2.75, 3.05) is 20.2 Å². The Morgan fingerprint density at radius 2 is 2.14 bits per heavy atom. The van der Waals surface area contributed by atoms with Crippen molar-refractivity contribution in [2.24, 2.45) is 0 Å². The highest BCUT2D eigenvalue weighted by atomic mass is 32.2. The van der Waals surface area contributed by atoms with Gasteiger partial charge in [0.25, 0.3) is 10.2 Å². The molecule has 6 nitrogen and oxygen atoms in total. The van der Waals surface area contributed by atoms with Gasteiger partial charge in [0.15, 0.2) is 5.79 Å². The van der Waals surface area contributed by atoms with E-state index in [4.69, 9.17) is 9.47 Å². The summed E-state index contributed by atoms with van der Waals surface area (Å²) in [6, 6.07) is 0. The summed E-state index contributed by atoms with van der Waals surface area (Å²) in [7, 11) is -2.03. The van der Waals surface area contributed by atoms with Crippen LogP contribution in [0.25, 0.3) is 0 Å². The third-order valence-corrected chi connectivity index (χ3v) is 2.92. The van der Waals surface area contributed by atoms with Gasteiger partial charge in [-0.3, -0.25) is 0 Å². The van der Waals surface area contributed by atoms with E-state index in [-0.39, 0.29) is 12.6 Å². The molecule has 0 saturated carbocycles. The number of rotatable bonds is 4. The van der Waals surface area contributed by atoms with Crippen LogP contribution in [0.1, 0.15) is 13.8 Å². The fourth-order valence-electron chi connectivity index (χ4n) is 1.14. The van der Waals surface area contributed by atoms with Crippen molar-refractivity contribution >= 4 is 10.2 Å². The van der Waals surface area contributed by atoms with E-state index in [1.54, 1.807) is 13.8 Å². The molecule has 0 radical (unpaired) electrons. The minimum Gasteiger partial charge on any atom is -0.348 e. The molecule has 1 heterocycles. The first kappa shape index (κ1) is 11.9. The van der Waals surface area contributed by atoms with E-state index in [1.165, 1.54) is 7.05 Å². The predicted octanol–water partition coefficient (Wildman–Crippen LogP) is -0.808. The second kappa shape index (κ2) is 4.11. The average molecular weight is 224 g/mol. The van der Waals surface area contributed by atoms with Crippen molar-refractivity contribution < 1.29 is 17.9 Å². The first-order valence-corrected chi connectivity index (χ1v) is 5.83. The van der Waals surface area contributed by atoms with E-state index >= 15 is 0 Å². The van der Waals surface area contributed by atoms with Gasteiger partial charge in [-0.05, 0) is 13.8 Å². The molecule has 1 saturated heterocycles. The summed E-state index contributed by atoms with van der Waals surface area (Å²) >= 11 is 0. The van der Waals surface area contributed by atoms with E-state index in [0.29, 0.717) is 6.61 Å². The van der Waals surface area contributed by atoms with Crippen molar-refractivity contribution in [1.82, 2.24) is 9.44 Å². The Morgan fingerprint density at radius 1 is 1.50 bits per heavy atom. The predicted molar refractivity (Wildman–Crippen MR) is 50.9 cm³/mol. The molecule has 1 rings (SSSR count). The van der Waals surface area contributed by atoms with E-state index in [1.807, 2.05) is 0 Å². The lowest BCUT2D eigenvalue weighted by Crippen LogP contribution is -2.39. The van der Waals surface area contributed by atoms with E-state index in [9.17, 15) is 8.42 Å². The summed E-state index contributed by atoms with van der Waals surface area (Å²) < 4.78 is 37.2. The maximum Gasteiger partial charge on any atom is 0.276 e. The van der Waals surface area contributed by atoms with Crippen LogP contribution < -0.4 is 9.44 Å². The van der Waals surface area contributed by atoms with Crippen LogP contribution in [0.3, 0.4) is 0 Å². The molecule has 84 valence electrons. The molecular weight excluding hydrogens is 208 g/mol. The largest absolute Gasteiger partial charge is 0.348 e. The van der Waals surface area contributed by atoms with Crippen LogP contribution in [0.15, 0.2) is 0 Å². The molecule has 14 heavy (non-hydrogen) atoms. The standard InChI is InChI=1S/C7H16N2O4S/c1-7(2)12-5-6(13-7)4-9-14(10,11)8-3/h6,8-9H,4-5H2,1-3H3. The first-order valence-electron chi connectivity index (χ1n) is 4.34. The number of hydrogen-bond acceptors (Lipinski definition) is 4. The number of ether oxygens (including phenoxy) is 2. The molecule has 2 N–H and O–H groups in total. The minimum absolute atomic E-state index is 0.215. The molecule has 0 aromatic carbocycles. The molecule has 1 atom stereocenters. The van der Waals surface area contributed by atoms with Gasteiger partial charge in [-0.25, -0.2) is 4.72 Å². The van der Waals surface area contributed by atoms with Gasteiger partial charge in [0.1, 0.15) is 0 Å². The summed E-state index contributed by atoms with van der Waals surface area (Å²) in [6.45, 7) is 4.20. The van der Waals surface area contributed by atoms with Gasteiger partial charge in [0.2, 0.25) is 0 Å². The van der Waals surface area contributed by atoms with Crippen molar-refractivity contribution in [3.63, 3.8) is 0 Å². The van der Waals surface area contributed by atoms with Crippen LogP contribution in [0.4, 0.5) is 0 Å². The van der Waals surface area contributed by atoms with Crippen LogP contribution in [0, 0.1) is 0 Å². The third-order valence-electron chi connectivity index (χ3n) is 1.84. The van der Waals surface area contributed by atoms with Gasteiger partial charge >= 0.3 is 0 Å². The molecule has 0 bridgehead atoms. The molecular formula is C7H16N2O4S. The number of nitrogens with one attached hydrogen (secondary N) is 2. The monoisotopic (exact) mass is 224 g/mol. The van der Waals surface area contributed by atoms with Crippen LogP contribution in [0.5, 0.6) is 0 Å². The highest BCUT2D eigenvalue weighted by Gasteiger charge is 2.32. The average Bonchev–Trinajstić information content (AvgIpc) is 2.43. The van der Waals surface area contributed by atoms with Crippen LogP contribution >= 0.6 is 0 Å². The lowest BCUT2D eigenvalue weighted by molar-refractivity contribution is -0.137. The first-order chi connectivity index (χ1) is 6.35. The smallest absolute Gasteiger partial charge is 0.276 e. The minimum atomic E-state index is -3.38. The summed E-state index contributed by atoms with van der Waals surface area (Å²) in [6.07, 6.45) is -0.229. The van der Waals surface area contributed by atoms with Crippen molar-refractivity contribution in [2.45, 2.75) is 25.7 Å². The number of hydrogen-bond donors (Lipinski definition) is 2. The molecule has 0 aliphatic carbocycles. The Hall–Kier alpha value is -0.210. The Bertz CT molecular complexity index is 288. The Kier molecular flexibility index (Phi) is 3.49. The fourth-order valence-corrected chi connectivity index (χ4v) is 1.69. The summed E-state index contributed by atoms with van der Waals surface area (Å²) in [5, 5.41) is 0. The summed E-state index contributed by atoms with van der Waals surface area (Å²) in [5.74, 6) is -0.615. The van der Waals surface area contributed by atoms with Gasteiger partial charge in [-0.2, -0.15) is 13.1 Å². The van der Waals surface area contributed by atoms with Crippen molar-refractivity contribution in [1.29, 1.82) is 0 Å². The zero-order valence-electron chi connectivity index (χ0n) is 8.53. The maximum absolute atomic E-state index is 11.0. The molecule has 0 spiro atoms. The quantitative estimate of drug-likeness (QED) is 0.655. The topological polar surface area (TPSA) is 76.7 Å². The second-order valence-electron chi connectivity index (χ2n) is 3.51. The van der Waals surface area contributed by atoms with Gasteiger partial charge < -0.3 is 9.47 Å². The van der Waals surface area contributed by atoms with Crippen molar-refractivity contribution in [3.8, 4) is 0 Å². The Labute approximate surface area is 84.1 Å². The van der Waals surface area contributed by atoms with Crippen LogP contribution in [0.2, 0.25) is 0 Å². The molecule has 7 heteroatoms. The van der Waals surface area contributed by atoms with Crippen molar-refractivity contribution in [3.05, 3.63) is 0 Å². The molecule has 1 aliphatic heterocycles. The lowest BCUT2D eigenvalue weighted by atomic mass is 10.4. The molecule has 0 aromatic rings. The van der Waals surface area contributed by atoms with E-state index in [0.717, 1.165) is 0 Å². The normalized spacial score (nSPS) is 26.6. The van der Waals surface area contributed by atoms with Gasteiger partial charge in [0.05, 0.1) is 12.7 Å². The molecule has 1 fully saturated rings. The van der Waals surface area contributed by atoms with Crippen LogP contribution in [-0.4, -0.2) is 40.5 Å². The summed E-state index contributed by atoms with van der Waals surface area (Å²) in [4.78, 5) is 0. The van der Waals surface area contributed by atoms with E-state index in [2.05, 4.69) is 9.44 Å². The highest BCUT2D eigenvalue weighted by Crippen LogP contribution is 2.21. The summed E-state index contributed by atoms with van der Waals surface area (Å²) in [5.41, 5.74) is 0. The van der Waals surface area contributed by atoms with E-state index < -0.39 is 16.0 Å². The third kappa shape index (κ3) is 3.50. The molecule has 0 amide bonds. The van der Waals surface area contributed by atoms with Gasteiger partial charge in [-0.15, -0.1) is 0 Å².